The van der Waals surface area contributed by atoms with Gasteiger partial charge in [0.1, 0.15) is 0 Å². The minimum absolute atomic E-state index is 0.933. The van der Waals surface area contributed by atoms with Crippen LogP contribution in [0, 0.1) is 3.57 Å². The molecule has 0 fully saturated rings. The van der Waals surface area contributed by atoms with E-state index in [4.69, 9.17) is 9.97 Å². The van der Waals surface area contributed by atoms with Gasteiger partial charge in [-0.25, -0.2) is 9.97 Å². The Morgan fingerprint density at radius 2 is 1.29 bits per heavy atom. The van der Waals surface area contributed by atoms with Gasteiger partial charge in [-0.1, -0.05) is 36.4 Å². The summed E-state index contributed by atoms with van der Waals surface area (Å²) in [6.07, 6.45) is 0. The van der Waals surface area contributed by atoms with E-state index in [1.807, 2.05) is 36.4 Å². The van der Waals surface area contributed by atoms with Gasteiger partial charge in [-0.3, -0.25) is 0 Å². The lowest BCUT2D eigenvalue weighted by Gasteiger charge is -2.07. The van der Waals surface area contributed by atoms with E-state index < -0.39 is 0 Å². The fourth-order valence-corrected chi connectivity index (χ4v) is 2.86. The summed E-state index contributed by atoms with van der Waals surface area (Å²) in [5.41, 5.74) is 6.06. The lowest BCUT2D eigenvalue weighted by atomic mass is 10.0. The highest BCUT2D eigenvalue weighted by molar-refractivity contribution is 14.1. The molecule has 0 amide bonds. The first-order valence-electron chi connectivity index (χ1n) is 6.73. The zero-order valence-electron chi connectivity index (χ0n) is 11.1. The Labute approximate surface area is 136 Å². The van der Waals surface area contributed by atoms with Crippen LogP contribution in [0.4, 0.5) is 0 Å². The normalized spacial score (nSPS) is 11.1. The largest absolute Gasteiger partial charge is 0.244 e. The molecule has 2 nitrogen and oxygen atoms in total. The van der Waals surface area contributed by atoms with Crippen molar-refractivity contribution < 1.29 is 0 Å². The first kappa shape index (κ1) is 12.7. The van der Waals surface area contributed by atoms with Crippen LogP contribution in [-0.4, -0.2) is 9.97 Å². The molecule has 100 valence electrons. The van der Waals surface area contributed by atoms with Crippen LogP contribution in [0.3, 0.4) is 0 Å². The van der Waals surface area contributed by atoms with Crippen molar-refractivity contribution in [1.82, 2.24) is 9.97 Å². The molecule has 0 aliphatic heterocycles. The van der Waals surface area contributed by atoms with Crippen molar-refractivity contribution in [2.45, 2.75) is 0 Å². The van der Waals surface area contributed by atoms with Crippen LogP contribution < -0.4 is 0 Å². The highest BCUT2D eigenvalue weighted by Crippen LogP contribution is 2.28. The first-order valence-corrected chi connectivity index (χ1v) is 7.80. The maximum Gasteiger partial charge on any atom is 0.0972 e. The second-order valence-corrected chi connectivity index (χ2v) is 6.14. The lowest BCUT2D eigenvalue weighted by Crippen LogP contribution is -1.90. The third-order valence-corrected chi connectivity index (χ3v) is 4.24. The zero-order chi connectivity index (χ0) is 14.2. The number of para-hydroxylation sites is 3. The van der Waals surface area contributed by atoms with E-state index in [9.17, 15) is 0 Å². The molecule has 4 rings (SSSR count). The Kier molecular flexibility index (Phi) is 3.07. The summed E-state index contributed by atoms with van der Waals surface area (Å²) in [5, 5.41) is 0. The Morgan fingerprint density at radius 1 is 0.619 bits per heavy atom. The molecule has 4 aromatic rings. The van der Waals surface area contributed by atoms with Gasteiger partial charge in [-0.15, -0.1) is 0 Å². The third kappa shape index (κ3) is 2.27. The first-order chi connectivity index (χ1) is 10.3. The second kappa shape index (κ2) is 5.07. The zero-order valence-corrected chi connectivity index (χ0v) is 13.3. The van der Waals surface area contributed by atoms with E-state index in [1.54, 1.807) is 0 Å². The predicted molar refractivity (Wildman–Crippen MR) is 95.2 cm³/mol. The monoisotopic (exact) mass is 382 g/mol. The van der Waals surface area contributed by atoms with Crippen LogP contribution in [0.1, 0.15) is 0 Å². The maximum absolute atomic E-state index is 4.81. The summed E-state index contributed by atoms with van der Waals surface area (Å²) in [6.45, 7) is 0. The molecular formula is C18H11IN2. The van der Waals surface area contributed by atoms with Crippen LogP contribution in [0.15, 0.2) is 66.7 Å². The molecule has 0 unspecified atom stereocenters. The van der Waals surface area contributed by atoms with Crippen molar-refractivity contribution in [1.29, 1.82) is 0 Å². The molecule has 0 spiro atoms. The van der Waals surface area contributed by atoms with Gasteiger partial charge in [0, 0.05) is 9.13 Å². The summed E-state index contributed by atoms with van der Waals surface area (Å²) in [6, 6.07) is 22.7. The van der Waals surface area contributed by atoms with Gasteiger partial charge >= 0.3 is 0 Å². The Hall–Kier alpha value is -2.01. The SMILES string of the molecule is Ic1ccc(-c2cccc3nc4ccccc4nc23)cc1. The molecule has 3 heteroatoms. The lowest BCUT2D eigenvalue weighted by molar-refractivity contribution is 1.39. The summed E-state index contributed by atoms with van der Waals surface area (Å²) in [5.74, 6) is 0. The highest BCUT2D eigenvalue weighted by Gasteiger charge is 2.07. The minimum Gasteiger partial charge on any atom is -0.244 e. The smallest absolute Gasteiger partial charge is 0.0972 e. The fraction of sp³-hybridized carbons (Fsp3) is 0. The van der Waals surface area contributed by atoms with E-state index in [0.717, 1.165) is 27.6 Å². The topological polar surface area (TPSA) is 25.8 Å². The highest BCUT2D eigenvalue weighted by atomic mass is 127. The Balaban J connectivity index is 2.04. The van der Waals surface area contributed by atoms with Crippen molar-refractivity contribution in [2.75, 3.05) is 0 Å². The molecule has 1 heterocycles. The van der Waals surface area contributed by atoms with Crippen molar-refractivity contribution in [3.8, 4) is 11.1 Å². The molecule has 0 saturated carbocycles. The summed E-state index contributed by atoms with van der Waals surface area (Å²) in [4.78, 5) is 9.53. The Bertz CT molecular complexity index is 946. The van der Waals surface area contributed by atoms with Crippen LogP contribution >= 0.6 is 22.6 Å². The standard InChI is InChI=1S/C18H11IN2/c19-13-10-8-12(9-11-13)14-4-3-7-17-18(14)21-16-6-2-1-5-15(16)20-17/h1-11H. The number of benzene rings is 3. The number of hydrogen-bond acceptors (Lipinski definition) is 2. The molecule has 0 saturated heterocycles. The maximum atomic E-state index is 4.81. The molecule has 1 aromatic heterocycles. The van der Waals surface area contributed by atoms with E-state index in [0.29, 0.717) is 0 Å². The molecule has 0 atom stereocenters. The van der Waals surface area contributed by atoms with Crippen molar-refractivity contribution in [3.05, 3.63) is 70.3 Å². The van der Waals surface area contributed by atoms with Gasteiger partial charge < -0.3 is 0 Å². The van der Waals surface area contributed by atoms with Crippen LogP contribution in [0.2, 0.25) is 0 Å². The van der Waals surface area contributed by atoms with E-state index >= 15 is 0 Å². The molecular weight excluding hydrogens is 371 g/mol. The van der Waals surface area contributed by atoms with Gasteiger partial charge in [-0.2, -0.15) is 0 Å². The van der Waals surface area contributed by atoms with Crippen LogP contribution in [0.25, 0.3) is 33.2 Å². The van der Waals surface area contributed by atoms with E-state index in [2.05, 4.69) is 52.9 Å². The predicted octanol–water partition coefficient (Wildman–Crippen LogP) is 5.05. The van der Waals surface area contributed by atoms with Crippen molar-refractivity contribution in [2.24, 2.45) is 0 Å². The van der Waals surface area contributed by atoms with Crippen LogP contribution in [0.5, 0.6) is 0 Å². The second-order valence-electron chi connectivity index (χ2n) is 4.89. The number of halogens is 1. The number of hydrogen-bond donors (Lipinski definition) is 0. The molecule has 0 aliphatic carbocycles. The minimum atomic E-state index is 0.933. The molecule has 0 radical (unpaired) electrons. The van der Waals surface area contributed by atoms with Gasteiger partial charge in [0.2, 0.25) is 0 Å². The third-order valence-electron chi connectivity index (χ3n) is 3.52. The number of aromatic nitrogens is 2. The number of rotatable bonds is 1. The average Bonchev–Trinajstić information content (AvgIpc) is 2.53. The molecule has 0 aliphatic rings. The average molecular weight is 382 g/mol. The molecule has 0 bridgehead atoms. The van der Waals surface area contributed by atoms with Crippen molar-refractivity contribution in [3.63, 3.8) is 0 Å². The van der Waals surface area contributed by atoms with Crippen molar-refractivity contribution >= 4 is 44.7 Å². The van der Waals surface area contributed by atoms with Gasteiger partial charge in [0.05, 0.1) is 22.1 Å². The number of fused-ring (bicyclic) bond motifs is 2. The fourth-order valence-electron chi connectivity index (χ4n) is 2.50. The van der Waals surface area contributed by atoms with Gasteiger partial charge in [0.25, 0.3) is 0 Å². The molecule has 3 aromatic carbocycles. The van der Waals surface area contributed by atoms with Gasteiger partial charge in [-0.05, 0) is 58.5 Å². The van der Waals surface area contributed by atoms with E-state index in [-0.39, 0.29) is 0 Å². The van der Waals surface area contributed by atoms with Crippen LogP contribution in [-0.2, 0) is 0 Å². The summed E-state index contributed by atoms with van der Waals surface area (Å²) in [7, 11) is 0. The summed E-state index contributed by atoms with van der Waals surface area (Å²) < 4.78 is 1.23. The number of nitrogens with zero attached hydrogens (tertiary/aromatic N) is 2. The van der Waals surface area contributed by atoms with Gasteiger partial charge in [0.15, 0.2) is 0 Å². The molecule has 0 N–H and O–H groups in total. The van der Waals surface area contributed by atoms with E-state index in [1.165, 1.54) is 9.13 Å². The summed E-state index contributed by atoms with van der Waals surface area (Å²) >= 11 is 2.32. The quantitative estimate of drug-likeness (QED) is 0.340. The molecule has 21 heavy (non-hydrogen) atoms. The Morgan fingerprint density at radius 3 is 2.05 bits per heavy atom.